The van der Waals surface area contributed by atoms with E-state index in [1.54, 1.807) is 4.90 Å². The van der Waals surface area contributed by atoms with Crippen LogP contribution in [0.2, 0.25) is 0 Å². The van der Waals surface area contributed by atoms with Crippen LogP contribution in [-0.2, 0) is 16.1 Å². The Kier molecular flexibility index (Phi) is 4.04. The maximum Gasteiger partial charge on any atom is 0.255 e. The predicted molar refractivity (Wildman–Crippen MR) is 101 cm³/mol. The molecular weight excluding hydrogens is 360 g/mol. The number of fused-ring (bicyclic) bond motifs is 5. The number of piperazine rings is 1. The zero-order valence-electron chi connectivity index (χ0n) is 15.9. The molecule has 0 aromatic heterocycles. The Balaban J connectivity index is 1.43. The second-order valence-corrected chi connectivity index (χ2v) is 7.89. The van der Waals surface area contributed by atoms with Crippen molar-refractivity contribution in [3.63, 3.8) is 0 Å². The highest BCUT2D eigenvalue weighted by Crippen LogP contribution is 2.43. The van der Waals surface area contributed by atoms with Gasteiger partial charge in [0.15, 0.2) is 0 Å². The Bertz CT molecular complexity index is 870. The van der Waals surface area contributed by atoms with Gasteiger partial charge >= 0.3 is 0 Å². The molecule has 8 nitrogen and oxygen atoms in total. The van der Waals surface area contributed by atoms with E-state index in [9.17, 15) is 14.4 Å². The molecule has 1 N–H and O–H groups in total. The molecular formula is C20H24N4O4. The number of amides is 3. The highest BCUT2D eigenvalue weighted by molar-refractivity contribution is 6.06. The van der Waals surface area contributed by atoms with E-state index in [1.807, 2.05) is 12.1 Å². The van der Waals surface area contributed by atoms with Gasteiger partial charge in [-0.3, -0.25) is 24.6 Å². The molecule has 4 aliphatic heterocycles. The molecule has 148 valence electrons. The van der Waals surface area contributed by atoms with Gasteiger partial charge in [0.05, 0.1) is 18.3 Å². The molecule has 2 fully saturated rings. The van der Waals surface area contributed by atoms with Crippen molar-refractivity contribution in [3.05, 3.63) is 23.3 Å². The summed E-state index contributed by atoms with van der Waals surface area (Å²) in [5, 5.41) is 2.35. The maximum atomic E-state index is 13.0. The third-order valence-electron chi connectivity index (χ3n) is 6.39. The Hall–Kier alpha value is -2.61. The summed E-state index contributed by atoms with van der Waals surface area (Å²) >= 11 is 0. The molecule has 0 saturated carbocycles. The van der Waals surface area contributed by atoms with E-state index in [1.165, 1.54) is 0 Å². The molecule has 5 rings (SSSR count). The molecule has 0 aliphatic carbocycles. The lowest BCUT2D eigenvalue weighted by atomic mass is 10.0. The molecule has 0 unspecified atom stereocenters. The van der Waals surface area contributed by atoms with Gasteiger partial charge in [0, 0.05) is 37.2 Å². The van der Waals surface area contributed by atoms with Crippen LogP contribution >= 0.6 is 0 Å². The van der Waals surface area contributed by atoms with Gasteiger partial charge in [-0.2, -0.15) is 0 Å². The van der Waals surface area contributed by atoms with Gasteiger partial charge in [-0.1, -0.05) is 6.92 Å². The van der Waals surface area contributed by atoms with Gasteiger partial charge in [-0.25, -0.2) is 0 Å². The number of carbonyl (C=O) groups excluding carboxylic acids is 3. The van der Waals surface area contributed by atoms with Gasteiger partial charge in [-0.15, -0.1) is 0 Å². The van der Waals surface area contributed by atoms with Crippen LogP contribution in [0.1, 0.15) is 35.7 Å². The summed E-state index contributed by atoms with van der Waals surface area (Å²) in [7, 11) is 0. The number of piperidine rings is 1. The number of rotatable bonds is 2. The highest BCUT2D eigenvalue weighted by Gasteiger charge is 2.42. The van der Waals surface area contributed by atoms with E-state index in [0.717, 1.165) is 43.2 Å². The number of nitrogens with one attached hydrogen (secondary N) is 1. The first kappa shape index (κ1) is 17.5. The van der Waals surface area contributed by atoms with Crippen LogP contribution in [-0.4, -0.2) is 72.4 Å². The van der Waals surface area contributed by atoms with Crippen molar-refractivity contribution in [2.45, 2.75) is 38.4 Å². The standard InChI is InChI=1S/C20H24N4O4/c1-2-22-7-8-23-12(9-22)11-28-18-14-10-24(16-5-6-17(25)21-19(16)26)20(27)13(14)3-4-15(18)23/h3-4,12,16H,2,5-11H2,1H3,(H,21,25,26)/t12-,16+/m1/s1. The normalized spacial score (nSPS) is 27.1. The monoisotopic (exact) mass is 384 g/mol. The molecule has 1 aromatic carbocycles. The minimum Gasteiger partial charge on any atom is -0.489 e. The van der Waals surface area contributed by atoms with E-state index in [2.05, 4.69) is 22.0 Å². The maximum absolute atomic E-state index is 13.0. The largest absolute Gasteiger partial charge is 0.489 e. The van der Waals surface area contributed by atoms with Crippen molar-refractivity contribution in [2.24, 2.45) is 0 Å². The third kappa shape index (κ3) is 2.58. The first-order valence-corrected chi connectivity index (χ1v) is 9.99. The molecule has 2 saturated heterocycles. The van der Waals surface area contributed by atoms with E-state index in [0.29, 0.717) is 31.2 Å². The first-order valence-electron chi connectivity index (χ1n) is 9.99. The van der Waals surface area contributed by atoms with Gasteiger partial charge in [0.2, 0.25) is 11.8 Å². The number of nitrogens with zero attached hydrogens (tertiary/aromatic N) is 3. The molecule has 8 heteroatoms. The molecule has 28 heavy (non-hydrogen) atoms. The molecule has 0 radical (unpaired) electrons. The third-order valence-corrected chi connectivity index (χ3v) is 6.39. The van der Waals surface area contributed by atoms with E-state index < -0.39 is 6.04 Å². The minimum absolute atomic E-state index is 0.158. The smallest absolute Gasteiger partial charge is 0.255 e. The van der Waals surface area contributed by atoms with Crippen LogP contribution < -0.4 is 15.0 Å². The number of hydrogen-bond acceptors (Lipinski definition) is 6. The van der Waals surface area contributed by atoms with Crippen LogP contribution in [0.4, 0.5) is 5.69 Å². The number of imide groups is 1. The Morgan fingerprint density at radius 2 is 2.04 bits per heavy atom. The highest BCUT2D eigenvalue weighted by atomic mass is 16.5. The van der Waals surface area contributed by atoms with Gasteiger partial charge in [0.1, 0.15) is 18.4 Å². The summed E-state index contributed by atoms with van der Waals surface area (Å²) in [6.07, 6.45) is 0.628. The van der Waals surface area contributed by atoms with Crippen LogP contribution in [0, 0.1) is 0 Å². The zero-order valence-corrected chi connectivity index (χ0v) is 15.9. The second-order valence-electron chi connectivity index (χ2n) is 7.89. The topological polar surface area (TPSA) is 82.2 Å². The first-order chi connectivity index (χ1) is 13.6. The summed E-state index contributed by atoms with van der Waals surface area (Å²) in [5.74, 6) is -0.0398. The van der Waals surface area contributed by atoms with E-state index in [4.69, 9.17) is 4.74 Å². The predicted octanol–water partition coefficient (Wildman–Crippen LogP) is 0.351. The molecule has 1 aromatic rings. The fraction of sp³-hybridized carbons (Fsp3) is 0.550. The number of likely N-dealkylation sites (N-methyl/N-ethyl adjacent to an activating group) is 1. The molecule has 4 heterocycles. The number of hydrogen-bond donors (Lipinski definition) is 1. The number of ether oxygens (including phenoxy) is 1. The van der Waals surface area contributed by atoms with Crippen LogP contribution in [0.15, 0.2) is 12.1 Å². The summed E-state index contributed by atoms with van der Waals surface area (Å²) in [6.45, 7) is 7.11. The van der Waals surface area contributed by atoms with Gasteiger partial charge in [-0.05, 0) is 25.1 Å². The van der Waals surface area contributed by atoms with Gasteiger partial charge in [0.25, 0.3) is 5.91 Å². The quantitative estimate of drug-likeness (QED) is 0.741. The Morgan fingerprint density at radius 1 is 1.18 bits per heavy atom. The lowest BCUT2D eigenvalue weighted by Crippen LogP contribution is -2.57. The summed E-state index contributed by atoms with van der Waals surface area (Å²) in [6, 6.07) is 3.56. The van der Waals surface area contributed by atoms with Crippen molar-refractivity contribution >= 4 is 23.4 Å². The van der Waals surface area contributed by atoms with Crippen molar-refractivity contribution in [2.75, 3.05) is 37.7 Å². The average molecular weight is 384 g/mol. The van der Waals surface area contributed by atoms with Crippen LogP contribution in [0.3, 0.4) is 0 Å². The van der Waals surface area contributed by atoms with Gasteiger partial charge < -0.3 is 14.5 Å². The molecule has 0 spiro atoms. The Labute approximate surface area is 163 Å². The fourth-order valence-corrected chi connectivity index (χ4v) is 4.83. The fourth-order valence-electron chi connectivity index (χ4n) is 4.83. The molecule has 2 atom stereocenters. The van der Waals surface area contributed by atoms with Crippen molar-refractivity contribution in [1.82, 2.24) is 15.1 Å². The summed E-state index contributed by atoms with van der Waals surface area (Å²) in [4.78, 5) is 43.1. The SMILES string of the molecule is CCN1CCN2c3ccc4c(c3OC[C@H]2C1)CN([C@H]1CCC(=O)NC1=O)C4=O. The zero-order chi connectivity index (χ0) is 19.4. The van der Waals surface area contributed by atoms with Crippen LogP contribution in [0.5, 0.6) is 5.75 Å². The lowest BCUT2D eigenvalue weighted by Gasteiger charge is -2.45. The average Bonchev–Trinajstić information content (AvgIpc) is 3.04. The van der Waals surface area contributed by atoms with E-state index >= 15 is 0 Å². The minimum atomic E-state index is -0.599. The van der Waals surface area contributed by atoms with E-state index in [-0.39, 0.29) is 24.1 Å². The summed E-state index contributed by atoms with van der Waals surface area (Å²) in [5.41, 5.74) is 2.52. The lowest BCUT2D eigenvalue weighted by molar-refractivity contribution is -0.136. The van der Waals surface area contributed by atoms with Crippen LogP contribution in [0.25, 0.3) is 0 Å². The molecule has 0 bridgehead atoms. The Morgan fingerprint density at radius 3 is 2.82 bits per heavy atom. The van der Waals surface area contributed by atoms with Crippen molar-refractivity contribution in [1.29, 1.82) is 0 Å². The molecule has 3 amide bonds. The number of benzene rings is 1. The number of carbonyl (C=O) groups is 3. The summed E-state index contributed by atoms with van der Waals surface area (Å²) < 4.78 is 6.15. The second kappa shape index (κ2) is 6.48. The van der Waals surface area contributed by atoms with Crippen molar-refractivity contribution < 1.29 is 19.1 Å². The number of anilines is 1. The molecule has 4 aliphatic rings. The van der Waals surface area contributed by atoms with Crippen molar-refractivity contribution in [3.8, 4) is 5.75 Å².